The van der Waals surface area contributed by atoms with Crippen molar-refractivity contribution in [1.82, 2.24) is 25.1 Å². The van der Waals surface area contributed by atoms with E-state index in [4.69, 9.17) is 4.52 Å². The monoisotopic (exact) mass is 478 g/mol. The van der Waals surface area contributed by atoms with Crippen molar-refractivity contribution in [1.29, 1.82) is 0 Å². The molecule has 0 saturated heterocycles. The molecule has 0 radical (unpaired) electrons. The molecule has 1 aromatic carbocycles. The Balaban J connectivity index is 1.65. The molecule has 0 atom stereocenters. The van der Waals surface area contributed by atoms with Gasteiger partial charge in [0, 0.05) is 11.0 Å². The maximum Gasteiger partial charge on any atom is 0.270 e. The lowest BCUT2D eigenvalue weighted by molar-refractivity contribution is -0.123. The Hall–Kier alpha value is -2.70. The Morgan fingerprint density at radius 2 is 1.72 bits per heavy atom. The number of aromatic nitrogens is 4. The molecule has 0 aliphatic rings. The summed E-state index contributed by atoms with van der Waals surface area (Å²) in [5.41, 5.74) is 1.32. The molecule has 10 nitrogen and oxygen atoms in total. The Bertz CT molecular complexity index is 1200. The van der Waals surface area contributed by atoms with E-state index < -0.39 is 15.4 Å². The minimum absolute atomic E-state index is 0.0271. The van der Waals surface area contributed by atoms with Gasteiger partial charge in [0.2, 0.25) is 27.1 Å². The van der Waals surface area contributed by atoms with Crippen LogP contribution in [0.15, 0.2) is 33.1 Å². The van der Waals surface area contributed by atoms with Crippen LogP contribution in [0.5, 0.6) is 0 Å². The van der Waals surface area contributed by atoms with Gasteiger partial charge in [-0.25, -0.2) is 8.42 Å². The number of benzene rings is 1. The molecule has 12 heteroatoms. The molecule has 2 aromatic heterocycles. The predicted molar refractivity (Wildman–Crippen MR) is 120 cm³/mol. The van der Waals surface area contributed by atoms with Crippen LogP contribution in [0.4, 0.5) is 5.13 Å². The van der Waals surface area contributed by atoms with Crippen molar-refractivity contribution < 1.29 is 17.7 Å². The molecule has 0 spiro atoms. The molecule has 2 N–H and O–H groups in total. The fraction of sp³-hybridized carbons (Fsp3) is 0.450. The van der Waals surface area contributed by atoms with Crippen molar-refractivity contribution >= 4 is 32.4 Å². The average molecular weight is 479 g/mol. The van der Waals surface area contributed by atoms with Gasteiger partial charge >= 0.3 is 0 Å². The number of carbonyl (C=O) groups excluding carboxylic acids is 1. The van der Waals surface area contributed by atoms with E-state index in [1.54, 1.807) is 20.8 Å². The van der Waals surface area contributed by atoms with E-state index in [9.17, 15) is 13.2 Å². The summed E-state index contributed by atoms with van der Waals surface area (Å²) < 4.78 is 32.2. The van der Waals surface area contributed by atoms with E-state index in [1.165, 1.54) is 5.56 Å². The van der Waals surface area contributed by atoms with Gasteiger partial charge in [0.1, 0.15) is 0 Å². The van der Waals surface area contributed by atoms with Crippen LogP contribution < -0.4 is 10.0 Å². The van der Waals surface area contributed by atoms with Crippen LogP contribution in [0, 0.1) is 5.41 Å². The number of sulfonamides is 1. The molecular weight excluding hydrogens is 452 g/mol. The first kappa shape index (κ1) is 24.0. The molecule has 1 amide bonds. The first-order valence-electron chi connectivity index (χ1n) is 9.84. The summed E-state index contributed by atoms with van der Waals surface area (Å²) in [7, 11) is -3.97. The fourth-order valence-corrected chi connectivity index (χ4v) is 4.35. The second kappa shape index (κ2) is 8.68. The molecule has 172 valence electrons. The second-order valence-corrected chi connectivity index (χ2v) is 12.2. The smallest absolute Gasteiger partial charge is 0.270 e. The zero-order valence-electron chi connectivity index (χ0n) is 18.8. The maximum absolute atomic E-state index is 12.5. The van der Waals surface area contributed by atoms with E-state index in [0.29, 0.717) is 5.82 Å². The third-order valence-electron chi connectivity index (χ3n) is 4.43. The summed E-state index contributed by atoms with van der Waals surface area (Å²) in [5.74, 6) is 0.177. The highest BCUT2D eigenvalue weighted by Gasteiger charge is 2.25. The number of rotatable bonds is 6. The van der Waals surface area contributed by atoms with Gasteiger partial charge in [0.05, 0.1) is 6.54 Å². The van der Waals surface area contributed by atoms with Crippen LogP contribution in [0.25, 0.3) is 11.4 Å². The molecule has 0 fully saturated rings. The number of nitrogens with one attached hydrogen (secondary N) is 2. The number of carbonyl (C=O) groups is 1. The Morgan fingerprint density at radius 3 is 2.31 bits per heavy atom. The lowest BCUT2D eigenvalue weighted by atomic mass is 9.87. The van der Waals surface area contributed by atoms with Gasteiger partial charge in [0.15, 0.2) is 0 Å². The summed E-state index contributed by atoms with van der Waals surface area (Å²) in [6, 6.07) is 7.79. The molecule has 3 aromatic rings. The van der Waals surface area contributed by atoms with Crippen LogP contribution >= 0.6 is 11.3 Å². The van der Waals surface area contributed by atoms with Gasteiger partial charge in [-0.05, 0) is 11.0 Å². The van der Waals surface area contributed by atoms with Gasteiger partial charge in [-0.15, -0.1) is 10.2 Å². The zero-order chi connectivity index (χ0) is 23.7. The molecule has 0 aliphatic heterocycles. The first-order valence-corrected chi connectivity index (χ1v) is 12.1. The zero-order valence-corrected chi connectivity index (χ0v) is 20.4. The molecular formula is C20H26N6O4S2. The summed E-state index contributed by atoms with van der Waals surface area (Å²) in [6.07, 6.45) is 0. The molecule has 0 aliphatic carbocycles. The highest BCUT2D eigenvalue weighted by molar-refractivity contribution is 7.91. The summed E-state index contributed by atoms with van der Waals surface area (Å²) in [5, 5.41) is 14.0. The van der Waals surface area contributed by atoms with Crippen LogP contribution in [0.1, 0.15) is 53.0 Å². The van der Waals surface area contributed by atoms with Crippen LogP contribution in [0.2, 0.25) is 0 Å². The molecule has 2 heterocycles. The average Bonchev–Trinajstić information content (AvgIpc) is 3.35. The quantitative estimate of drug-likeness (QED) is 0.514. The highest BCUT2D eigenvalue weighted by Crippen LogP contribution is 2.25. The van der Waals surface area contributed by atoms with Crippen molar-refractivity contribution in [3.63, 3.8) is 0 Å². The van der Waals surface area contributed by atoms with Crippen molar-refractivity contribution in [2.75, 3.05) is 5.32 Å². The number of hydrogen-bond acceptors (Lipinski definition) is 9. The van der Waals surface area contributed by atoms with Crippen LogP contribution in [-0.2, 0) is 26.8 Å². The Labute approximate surface area is 190 Å². The first-order chi connectivity index (χ1) is 14.8. The van der Waals surface area contributed by atoms with E-state index in [0.717, 1.165) is 16.9 Å². The summed E-state index contributed by atoms with van der Waals surface area (Å²) in [6.45, 7) is 11.4. The van der Waals surface area contributed by atoms with Crippen LogP contribution in [0.3, 0.4) is 0 Å². The topological polar surface area (TPSA) is 140 Å². The van der Waals surface area contributed by atoms with Crippen molar-refractivity contribution in [2.24, 2.45) is 5.41 Å². The molecule has 0 bridgehead atoms. The second-order valence-electron chi connectivity index (χ2n) is 9.24. The number of anilines is 1. The van der Waals surface area contributed by atoms with E-state index in [1.807, 2.05) is 24.3 Å². The minimum Gasteiger partial charge on any atom is -0.338 e. The van der Waals surface area contributed by atoms with Gasteiger partial charge in [0.25, 0.3) is 10.0 Å². The number of nitrogens with zero attached hydrogens (tertiary/aromatic N) is 4. The third kappa shape index (κ3) is 5.75. The number of hydrogen-bond donors (Lipinski definition) is 2. The predicted octanol–water partition coefficient (Wildman–Crippen LogP) is 3.35. The highest BCUT2D eigenvalue weighted by atomic mass is 32.2. The van der Waals surface area contributed by atoms with Crippen LogP contribution in [-0.4, -0.2) is 34.7 Å². The van der Waals surface area contributed by atoms with Crippen molar-refractivity contribution in [3.8, 4) is 11.4 Å². The normalized spacial score (nSPS) is 12.7. The Morgan fingerprint density at radius 1 is 1.06 bits per heavy atom. The molecule has 3 rings (SSSR count). The van der Waals surface area contributed by atoms with Crippen molar-refractivity contribution in [2.45, 2.75) is 57.8 Å². The Kier molecular flexibility index (Phi) is 6.50. The molecule has 0 unspecified atom stereocenters. The number of amides is 1. The lowest BCUT2D eigenvalue weighted by Crippen LogP contribution is -2.27. The maximum atomic E-state index is 12.5. The van der Waals surface area contributed by atoms with Gasteiger partial charge in [-0.3, -0.25) is 4.79 Å². The SMILES string of the molecule is CC(C)(C)C(=O)Nc1nnc(S(=O)(=O)NCc2nc(-c3ccc(C(C)(C)C)cc3)no2)s1. The minimum atomic E-state index is -3.97. The van der Waals surface area contributed by atoms with E-state index in [-0.39, 0.29) is 33.2 Å². The molecule has 32 heavy (non-hydrogen) atoms. The summed E-state index contributed by atoms with van der Waals surface area (Å²) in [4.78, 5) is 16.3. The van der Waals surface area contributed by atoms with Gasteiger partial charge in [-0.2, -0.15) is 9.71 Å². The third-order valence-corrected chi connectivity index (χ3v) is 7.04. The van der Waals surface area contributed by atoms with E-state index >= 15 is 0 Å². The summed E-state index contributed by atoms with van der Waals surface area (Å²) >= 11 is 0.753. The largest absolute Gasteiger partial charge is 0.338 e. The van der Waals surface area contributed by atoms with Crippen molar-refractivity contribution in [3.05, 3.63) is 35.7 Å². The lowest BCUT2D eigenvalue weighted by Gasteiger charge is -2.18. The standard InChI is InChI=1S/C20H26N6O4S2/c1-19(2,3)13-9-7-12(8-10-13)15-22-14(30-26-15)11-21-32(28,29)18-25-24-17(31-18)23-16(27)20(4,5)6/h7-10,21H,11H2,1-6H3,(H,23,24,27). The van der Waals surface area contributed by atoms with Gasteiger partial charge in [-0.1, -0.05) is 82.3 Å². The fourth-order valence-electron chi connectivity index (χ4n) is 2.44. The van der Waals surface area contributed by atoms with E-state index in [2.05, 4.69) is 51.1 Å². The molecule has 0 saturated carbocycles. The van der Waals surface area contributed by atoms with Gasteiger partial charge < -0.3 is 9.84 Å².